The van der Waals surface area contributed by atoms with Gasteiger partial charge in [-0.05, 0) is 31.9 Å². The molecule has 4 heterocycles. The Kier molecular flexibility index (Phi) is 4.93. The van der Waals surface area contributed by atoms with E-state index in [1.54, 1.807) is 17.0 Å². The molecule has 2 aromatic rings. The monoisotopic (exact) mass is 373 g/mol. The van der Waals surface area contributed by atoms with Crippen LogP contribution in [-0.4, -0.2) is 64.2 Å². The number of carbonyl (C=O) groups excluding carboxylic acids is 2. The van der Waals surface area contributed by atoms with E-state index < -0.39 is 0 Å². The summed E-state index contributed by atoms with van der Waals surface area (Å²) in [5.74, 6) is 1.19. The Balaban J connectivity index is 1.51. The lowest BCUT2D eigenvalue weighted by atomic mass is 9.97. The standard InChI is InChI=1S/C18H23N5O4/c1-11-19-16(22-21-11)13-9-23(18(25)15-3-2-6-27-15)10-14(13)20-17(24)12-4-7-26-8-5-12/h2-3,6,12-14H,4-5,7-10H2,1H3,(H,20,24)(H,19,21,22)/t13-,14-/m1/s1. The molecule has 0 unspecified atom stereocenters. The van der Waals surface area contributed by atoms with Gasteiger partial charge in [-0.2, -0.15) is 5.10 Å². The highest BCUT2D eigenvalue weighted by Crippen LogP contribution is 2.28. The van der Waals surface area contributed by atoms with Gasteiger partial charge in [0.05, 0.1) is 18.2 Å². The van der Waals surface area contributed by atoms with E-state index in [-0.39, 0.29) is 35.5 Å². The number of aryl methyl sites for hydroxylation is 1. The second kappa shape index (κ2) is 7.51. The number of hydrogen-bond donors (Lipinski definition) is 2. The van der Waals surface area contributed by atoms with Crippen LogP contribution in [0.1, 0.15) is 41.0 Å². The fourth-order valence-corrected chi connectivity index (χ4v) is 3.72. The highest BCUT2D eigenvalue weighted by molar-refractivity contribution is 5.92. The maximum absolute atomic E-state index is 12.7. The topological polar surface area (TPSA) is 113 Å². The van der Waals surface area contributed by atoms with E-state index in [9.17, 15) is 9.59 Å². The summed E-state index contributed by atoms with van der Waals surface area (Å²) in [6, 6.07) is 3.08. The van der Waals surface area contributed by atoms with Crippen LogP contribution < -0.4 is 5.32 Å². The first kappa shape index (κ1) is 17.7. The number of H-pyrrole nitrogens is 1. The minimum Gasteiger partial charge on any atom is -0.459 e. The molecular weight excluding hydrogens is 350 g/mol. The molecular formula is C18H23N5O4. The van der Waals surface area contributed by atoms with Gasteiger partial charge in [0.2, 0.25) is 5.91 Å². The average Bonchev–Trinajstić information content (AvgIpc) is 3.42. The quantitative estimate of drug-likeness (QED) is 0.822. The van der Waals surface area contributed by atoms with Gasteiger partial charge in [0, 0.05) is 32.2 Å². The molecule has 0 aromatic carbocycles. The van der Waals surface area contributed by atoms with Gasteiger partial charge in [0.1, 0.15) is 5.82 Å². The van der Waals surface area contributed by atoms with Gasteiger partial charge in [-0.15, -0.1) is 0 Å². The molecule has 2 fully saturated rings. The van der Waals surface area contributed by atoms with Crippen LogP contribution in [-0.2, 0) is 9.53 Å². The van der Waals surface area contributed by atoms with Gasteiger partial charge in [-0.25, -0.2) is 4.98 Å². The van der Waals surface area contributed by atoms with Gasteiger partial charge >= 0.3 is 0 Å². The number of nitrogens with zero attached hydrogens (tertiary/aromatic N) is 3. The van der Waals surface area contributed by atoms with Crippen molar-refractivity contribution in [2.24, 2.45) is 5.92 Å². The maximum atomic E-state index is 12.7. The normalized spacial score (nSPS) is 23.5. The zero-order chi connectivity index (χ0) is 18.8. The highest BCUT2D eigenvalue weighted by Gasteiger charge is 2.40. The largest absolute Gasteiger partial charge is 0.459 e. The second-order valence-electron chi connectivity index (χ2n) is 7.07. The molecule has 2 N–H and O–H groups in total. The predicted octanol–water partition coefficient (Wildman–Crippen LogP) is 0.857. The number of nitrogens with one attached hydrogen (secondary N) is 2. The average molecular weight is 373 g/mol. The molecule has 2 amide bonds. The first-order valence-corrected chi connectivity index (χ1v) is 9.21. The van der Waals surface area contributed by atoms with E-state index in [1.165, 1.54) is 6.26 Å². The Hall–Kier alpha value is -2.68. The molecule has 2 atom stereocenters. The van der Waals surface area contributed by atoms with Crippen LogP contribution >= 0.6 is 0 Å². The van der Waals surface area contributed by atoms with Crippen molar-refractivity contribution in [1.82, 2.24) is 25.4 Å². The van der Waals surface area contributed by atoms with Crippen molar-refractivity contribution < 1.29 is 18.7 Å². The number of aromatic nitrogens is 3. The van der Waals surface area contributed by atoms with Gasteiger partial charge in [-0.1, -0.05) is 0 Å². The number of aromatic amines is 1. The summed E-state index contributed by atoms with van der Waals surface area (Å²) in [4.78, 5) is 31.5. The Labute approximate surface area is 156 Å². The van der Waals surface area contributed by atoms with Gasteiger partial charge in [-0.3, -0.25) is 14.7 Å². The van der Waals surface area contributed by atoms with E-state index in [2.05, 4.69) is 20.5 Å². The Morgan fingerprint density at radius 2 is 2.11 bits per heavy atom. The molecule has 9 heteroatoms. The third-order valence-electron chi connectivity index (χ3n) is 5.20. The SMILES string of the molecule is Cc1nc([C@@H]2CN(C(=O)c3ccco3)C[C@H]2NC(=O)C2CCOCC2)n[nH]1. The smallest absolute Gasteiger partial charge is 0.289 e. The highest BCUT2D eigenvalue weighted by atomic mass is 16.5. The molecule has 144 valence electrons. The first-order valence-electron chi connectivity index (χ1n) is 9.21. The number of likely N-dealkylation sites (tertiary alicyclic amines) is 1. The number of amides is 2. The lowest BCUT2D eigenvalue weighted by molar-refractivity contribution is -0.128. The first-order chi connectivity index (χ1) is 13.1. The number of carbonyl (C=O) groups is 2. The Bertz CT molecular complexity index is 797. The summed E-state index contributed by atoms with van der Waals surface area (Å²) in [5.41, 5.74) is 0. The lowest BCUT2D eigenvalue weighted by Gasteiger charge is -2.24. The third-order valence-corrected chi connectivity index (χ3v) is 5.20. The minimum atomic E-state index is -0.241. The molecule has 2 aromatic heterocycles. The number of rotatable bonds is 4. The van der Waals surface area contributed by atoms with Crippen LogP contribution in [0.5, 0.6) is 0 Å². The van der Waals surface area contributed by atoms with Crippen LogP contribution in [0.2, 0.25) is 0 Å². The molecule has 9 nitrogen and oxygen atoms in total. The van der Waals surface area contributed by atoms with Crippen molar-refractivity contribution in [3.63, 3.8) is 0 Å². The molecule has 0 radical (unpaired) electrons. The molecule has 2 aliphatic rings. The summed E-state index contributed by atoms with van der Waals surface area (Å²) >= 11 is 0. The number of hydrogen-bond acceptors (Lipinski definition) is 6. The Morgan fingerprint density at radius 1 is 1.30 bits per heavy atom. The summed E-state index contributed by atoms with van der Waals surface area (Å²) < 4.78 is 10.6. The van der Waals surface area contributed by atoms with E-state index >= 15 is 0 Å². The second-order valence-corrected chi connectivity index (χ2v) is 7.07. The van der Waals surface area contributed by atoms with Crippen molar-refractivity contribution >= 4 is 11.8 Å². The molecule has 0 saturated carbocycles. The molecule has 4 rings (SSSR count). The number of furan rings is 1. The Morgan fingerprint density at radius 3 is 2.78 bits per heavy atom. The van der Waals surface area contributed by atoms with E-state index in [4.69, 9.17) is 9.15 Å². The van der Waals surface area contributed by atoms with E-state index in [0.29, 0.717) is 38.0 Å². The van der Waals surface area contributed by atoms with E-state index in [1.807, 2.05) is 6.92 Å². The van der Waals surface area contributed by atoms with Crippen molar-refractivity contribution in [1.29, 1.82) is 0 Å². The molecule has 0 aliphatic carbocycles. The predicted molar refractivity (Wildman–Crippen MR) is 93.9 cm³/mol. The van der Waals surface area contributed by atoms with Crippen molar-refractivity contribution in [3.05, 3.63) is 35.8 Å². The van der Waals surface area contributed by atoms with Crippen LogP contribution in [0.3, 0.4) is 0 Å². The summed E-state index contributed by atoms with van der Waals surface area (Å²) in [7, 11) is 0. The zero-order valence-electron chi connectivity index (χ0n) is 15.2. The van der Waals surface area contributed by atoms with E-state index in [0.717, 1.165) is 12.8 Å². The minimum absolute atomic E-state index is 0.00727. The molecule has 27 heavy (non-hydrogen) atoms. The van der Waals surface area contributed by atoms with Crippen molar-refractivity contribution in [2.45, 2.75) is 31.7 Å². The summed E-state index contributed by atoms with van der Waals surface area (Å²) in [5, 5.41) is 10.2. The fourth-order valence-electron chi connectivity index (χ4n) is 3.72. The number of ether oxygens (including phenoxy) is 1. The van der Waals surface area contributed by atoms with Crippen LogP contribution in [0.15, 0.2) is 22.8 Å². The van der Waals surface area contributed by atoms with Gasteiger partial charge < -0.3 is 19.4 Å². The van der Waals surface area contributed by atoms with Crippen LogP contribution in [0.25, 0.3) is 0 Å². The fraction of sp³-hybridized carbons (Fsp3) is 0.556. The van der Waals surface area contributed by atoms with Crippen LogP contribution in [0, 0.1) is 12.8 Å². The zero-order valence-corrected chi connectivity index (χ0v) is 15.2. The van der Waals surface area contributed by atoms with Crippen molar-refractivity contribution in [2.75, 3.05) is 26.3 Å². The van der Waals surface area contributed by atoms with Gasteiger partial charge in [0.25, 0.3) is 5.91 Å². The maximum Gasteiger partial charge on any atom is 0.289 e. The molecule has 0 bridgehead atoms. The lowest BCUT2D eigenvalue weighted by Crippen LogP contribution is -2.44. The molecule has 2 aliphatic heterocycles. The van der Waals surface area contributed by atoms with Crippen molar-refractivity contribution in [3.8, 4) is 0 Å². The molecule has 0 spiro atoms. The van der Waals surface area contributed by atoms with Gasteiger partial charge in [0.15, 0.2) is 11.6 Å². The molecule has 2 saturated heterocycles. The third kappa shape index (κ3) is 3.73. The summed E-state index contributed by atoms with van der Waals surface area (Å²) in [6.45, 7) is 3.86. The van der Waals surface area contributed by atoms with Crippen LogP contribution in [0.4, 0.5) is 0 Å². The summed E-state index contributed by atoms with van der Waals surface area (Å²) in [6.07, 6.45) is 2.92.